The van der Waals surface area contributed by atoms with Crippen molar-refractivity contribution in [2.24, 2.45) is 0 Å². The molecule has 0 rings (SSSR count). The molecule has 0 aromatic carbocycles. The highest BCUT2D eigenvalue weighted by Gasteiger charge is 2.10. The summed E-state index contributed by atoms with van der Waals surface area (Å²) in [4.78, 5) is 11.0. The molecule has 0 aliphatic carbocycles. The van der Waals surface area contributed by atoms with Crippen LogP contribution in [0.5, 0.6) is 0 Å². The van der Waals surface area contributed by atoms with Crippen molar-refractivity contribution >= 4 is 24.8 Å². The Morgan fingerprint density at radius 3 is 2.43 bits per heavy atom. The van der Waals surface area contributed by atoms with E-state index in [-0.39, 0.29) is 5.97 Å². The molecule has 82 valence electrons. The lowest BCUT2D eigenvalue weighted by Gasteiger charge is -2.10. The van der Waals surface area contributed by atoms with E-state index in [4.69, 9.17) is 13.6 Å². The number of carbonyl (C=O) groups is 1. The Morgan fingerprint density at radius 2 is 2.00 bits per heavy atom. The maximum Gasteiger partial charge on any atom is 0.332 e. The summed E-state index contributed by atoms with van der Waals surface area (Å²) < 4.78 is 15.3. The van der Waals surface area contributed by atoms with Crippen molar-refractivity contribution < 1.29 is 18.4 Å². The van der Waals surface area contributed by atoms with Gasteiger partial charge in [0.25, 0.3) is 0 Å². The molecule has 0 fully saturated rings. The van der Waals surface area contributed by atoms with Crippen LogP contribution in [0.15, 0.2) is 12.2 Å². The molecule has 0 heterocycles. The minimum absolute atomic E-state index is 0.300. The fourth-order valence-corrected chi connectivity index (χ4v) is 5.28. The smallest absolute Gasteiger partial charge is 0.332 e. The molecular formula is C8H18O4Si2. The van der Waals surface area contributed by atoms with Gasteiger partial charge in [0.1, 0.15) is 0 Å². The summed E-state index contributed by atoms with van der Waals surface area (Å²) >= 11 is 0. The standard InChI is InChI=1S/C8H18O4Si2/c1-7(2)8(9)12-5-13-6-14(10-3)11-4/h14H,1,5-6,13H2,2-4H3. The van der Waals surface area contributed by atoms with Crippen molar-refractivity contribution in [3.8, 4) is 0 Å². The van der Waals surface area contributed by atoms with Gasteiger partial charge in [-0.25, -0.2) is 4.79 Å². The molecule has 0 N–H and O–H groups in total. The van der Waals surface area contributed by atoms with E-state index in [1.54, 1.807) is 21.1 Å². The van der Waals surface area contributed by atoms with Crippen molar-refractivity contribution in [1.29, 1.82) is 0 Å². The minimum atomic E-state index is -1.43. The monoisotopic (exact) mass is 234 g/mol. The van der Waals surface area contributed by atoms with Crippen LogP contribution >= 0.6 is 0 Å². The van der Waals surface area contributed by atoms with Crippen molar-refractivity contribution in [1.82, 2.24) is 0 Å². The van der Waals surface area contributed by atoms with Gasteiger partial charge in [-0.15, -0.1) is 0 Å². The molecule has 14 heavy (non-hydrogen) atoms. The fraction of sp³-hybridized carbons (Fsp3) is 0.625. The molecule has 0 aliphatic rings. The molecule has 4 nitrogen and oxygen atoms in total. The third-order valence-corrected chi connectivity index (χ3v) is 6.75. The number of carbonyl (C=O) groups excluding carboxylic acids is 1. The first-order chi connectivity index (χ1) is 6.61. The second kappa shape index (κ2) is 7.92. The Balaban J connectivity index is 3.46. The van der Waals surface area contributed by atoms with E-state index in [0.29, 0.717) is 11.8 Å². The topological polar surface area (TPSA) is 44.8 Å². The molecule has 0 atom stereocenters. The number of hydrogen-bond donors (Lipinski definition) is 0. The SMILES string of the molecule is C=C(C)C(=O)OC[SiH2]C[SiH](OC)OC. The average Bonchev–Trinajstić information content (AvgIpc) is 2.17. The largest absolute Gasteiger partial charge is 0.467 e. The van der Waals surface area contributed by atoms with Gasteiger partial charge in [-0.05, 0) is 12.6 Å². The summed E-state index contributed by atoms with van der Waals surface area (Å²) in [6.07, 6.45) is 0.544. The Hall–Kier alpha value is -0.436. The summed E-state index contributed by atoms with van der Waals surface area (Å²) in [6.45, 7) is 5.15. The number of hydrogen-bond acceptors (Lipinski definition) is 4. The highest BCUT2D eigenvalue weighted by molar-refractivity contribution is 6.60. The van der Waals surface area contributed by atoms with Gasteiger partial charge in [-0.3, -0.25) is 0 Å². The van der Waals surface area contributed by atoms with Gasteiger partial charge >= 0.3 is 15.3 Å². The van der Waals surface area contributed by atoms with Gasteiger partial charge in [0, 0.05) is 19.8 Å². The molecule has 0 aromatic rings. The van der Waals surface area contributed by atoms with Crippen LogP contribution in [0.3, 0.4) is 0 Å². The first-order valence-electron chi connectivity index (χ1n) is 4.50. The zero-order valence-electron chi connectivity index (χ0n) is 9.04. The van der Waals surface area contributed by atoms with Crippen LogP contribution in [0.1, 0.15) is 6.92 Å². The number of ether oxygens (including phenoxy) is 1. The molecule has 0 unspecified atom stereocenters. The quantitative estimate of drug-likeness (QED) is 0.263. The first-order valence-corrected chi connectivity index (χ1v) is 8.26. The van der Waals surface area contributed by atoms with Gasteiger partial charge in [0.2, 0.25) is 0 Å². The predicted molar refractivity (Wildman–Crippen MR) is 60.3 cm³/mol. The van der Waals surface area contributed by atoms with Crippen molar-refractivity contribution in [2.45, 2.75) is 12.6 Å². The molecule has 6 heteroatoms. The van der Waals surface area contributed by atoms with Crippen LogP contribution in [0, 0.1) is 0 Å². The molecule has 0 spiro atoms. The molecule has 0 amide bonds. The van der Waals surface area contributed by atoms with Crippen molar-refractivity contribution in [2.75, 3.05) is 20.4 Å². The lowest BCUT2D eigenvalue weighted by atomic mass is 10.4. The van der Waals surface area contributed by atoms with Gasteiger partial charge in [0.05, 0.1) is 15.7 Å². The molecule has 0 bridgehead atoms. The van der Waals surface area contributed by atoms with E-state index in [1.807, 2.05) is 0 Å². The Bertz CT molecular complexity index is 192. The lowest BCUT2D eigenvalue weighted by molar-refractivity contribution is -0.137. The summed E-state index contributed by atoms with van der Waals surface area (Å²) in [6, 6.07) is 0. The van der Waals surface area contributed by atoms with Crippen molar-refractivity contribution in [3.05, 3.63) is 12.2 Å². The summed E-state index contributed by atoms with van der Waals surface area (Å²) in [5.41, 5.74) is 1.43. The Labute approximate surface area is 88.9 Å². The lowest BCUT2D eigenvalue weighted by Crippen LogP contribution is -2.24. The van der Waals surface area contributed by atoms with Gasteiger partial charge in [0.15, 0.2) is 0 Å². The predicted octanol–water partition coefficient (Wildman–Crippen LogP) is -0.297. The summed E-state index contributed by atoms with van der Waals surface area (Å²) in [5.74, 6) is -0.300. The highest BCUT2D eigenvalue weighted by atomic mass is 28.3. The normalized spacial score (nSPS) is 11.1. The number of esters is 1. The van der Waals surface area contributed by atoms with Crippen LogP contribution in [0.4, 0.5) is 0 Å². The van der Waals surface area contributed by atoms with Crippen LogP contribution in [-0.4, -0.2) is 45.2 Å². The Kier molecular flexibility index (Phi) is 7.67. The van der Waals surface area contributed by atoms with Crippen LogP contribution in [0.2, 0.25) is 5.67 Å². The van der Waals surface area contributed by atoms with Crippen LogP contribution in [0.25, 0.3) is 0 Å². The van der Waals surface area contributed by atoms with E-state index in [0.717, 1.165) is 5.67 Å². The number of rotatable bonds is 7. The summed E-state index contributed by atoms with van der Waals surface area (Å²) in [7, 11) is 1.49. The van der Waals surface area contributed by atoms with Gasteiger partial charge in [-0.1, -0.05) is 6.58 Å². The van der Waals surface area contributed by atoms with Crippen LogP contribution in [-0.2, 0) is 18.4 Å². The van der Waals surface area contributed by atoms with Crippen molar-refractivity contribution in [3.63, 3.8) is 0 Å². The minimum Gasteiger partial charge on any atom is -0.467 e. The van der Waals surface area contributed by atoms with E-state index in [9.17, 15) is 4.79 Å². The fourth-order valence-electron chi connectivity index (χ4n) is 0.870. The van der Waals surface area contributed by atoms with E-state index in [1.165, 1.54) is 0 Å². The zero-order chi connectivity index (χ0) is 11.0. The maximum absolute atomic E-state index is 11.0. The highest BCUT2D eigenvalue weighted by Crippen LogP contribution is 1.95. The third-order valence-electron chi connectivity index (χ3n) is 1.69. The first kappa shape index (κ1) is 13.6. The van der Waals surface area contributed by atoms with Gasteiger partial charge < -0.3 is 13.6 Å². The molecule has 0 aromatic heterocycles. The van der Waals surface area contributed by atoms with E-state index < -0.39 is 18.8 Å². The molecule has 0 radical (unpaired) electrons. The molecular weight excluding hydrogens is 216 g/mol. The van der Waals surface area contributed by atoms with Crippen LogP contribution < -0.4 is 0 Å². The zero-order valence-corrected chi connectivity index (χ0v) is 11.6. The Morgan fingerprint density at radius 1 is 1.43 bits per heavy atom. The maximum atomic E-state index is 11.0. The second-order valence-electron chi connectivity index (χ2n) is 2.96. The molecule has 0 saturated heterocycles. The summed E-state index contributed by atoms with van der Waals surface area (Å²) in [5, 5.41) is 0. The van der Waals surface area contributed by atoms with Gasteiger partial charge in [-0.2, -0.15) is 0 Å². The van der Waals surface area contributed by atoms with E-state index >= 15 is 0 Å². The molecule has 0 saturated carbocycles. The molecule has 0 aliphatic heterocycles. The van der Waals surface area contributed by atoms with E-state index in [2.05, 4.69) is 6.58 Å². The average molecular weight is 234 g/mol. The third kappa shape index (κ3) is 6.08. The second-order valence-corrected chi connectivity index (χ2v) is 8.19.